The van der Waals surface area contributed by atoms with Crippen LogP contribution in [0, 0.1) is 6.92 Å². The fourth-order valence-electron chi connectivity index (χ4n) is 4.30. The number of alkyl halides is 1. The standard InChI is InChI=1S/C20H22ClN5O/c1-13-11-27-19(24-13)14-4-6-20(21,7-5-14)16-2-3-17-15(8-16)9-22-10-18-25-23-12-26(17)18/h2-3,8,11-12,14,22H,4-7,9-10H2,1H3. The van der Waals surface area contributed by atoms with Crippen molar-refractivity contribution in [2.45, 2.75) is 56.5 Å². The first-order valence-electron chi connectivity index (χ1n) is 9.47. The number of aromatic nitrogens is 4. The zero-order chi connectivity index (χ0) is 18.4. The Morgan fingerprint density at radius 1 is 1.26 bits per heavy atom. The van der Waals surface area contributed by atoms with E-state index in [1.54, 1.807) is 12.6 Å². The molecule has 140 valence electrons. The van der Waals surface area contributed by atoms with Gasteiger partial charge in [0, 0.05) is 12.5 Å². The molecule has 7 heteroatoms. The van der Waals surface area contributed by atoms with Gasteiger partial charge in [-0.1, -0.05) is 12.1 Å². The summed E-state index contributed by atoms with van der Waals surface area (Å²) in [6, 6.07) is 6.56. The van der Waals surface area contributed by atoms with Crippen LogP contribution in [0.5, 0.6) is 0 Å². The minimum absolute atomic E-state index is 0.324. The molecular formula is C20H22ClN5O. The van der Waals surface area contributed by atoms with Gasteiger partial charge in [0.15, 0.2) is 11.7 Å². The third kappa shape index (κ3) is 2.97. The Bertz CT molecular complexity index is 970. The molecule has 1 aromatic carbocycles. The zero-order valence-electron chi connectivity index (χ0n) is 15.3. The summed E-state index contributed by atoms with van der Waals surface area (Å²) < 4.78 is 7.67. The fourth-order valence-corrected chi connectivity index (χ4v) is 4.64. The lowest BCUT2D eigenvalue weighted by Gasteiger charge is -2.35. The quantitative estimate of drug-likeness (QED) is 0.678. The summed E-state index contributed by atoms with van der Waals surface area (Å²) in [6.45, 7) is 3.48. The number of oxazole rings is 1. The maximum absolute atomic E-state index is 7.12. The van der Waals surface area contributed by atoms with E-state index in [-0.39, 0.29) is 4.87 Å². The van der Waals surface area contributed by atoms with Crippen LogP contribution in [0.1, 0.15) is 60.1 Å². The molecule has 6 nitrogen and oxygen atoms in total. The smallest absolute Gasteiger partial charge is 0.197 e. The molecule has 0 bridgehead atoms. The van der Waals surface area contributed by atoms with Crippen LogP contribution in [0.4, 0.5) is 0 Å². The van der Waals surface area contributed by atoms with Gasteiger partial charge in [-0.3, -0.25) is 4.57 Å². The van der Waals surface area contributed by atoms with Crippen molar-refractivity contribution in [1.82, 2.24) is 25.1 Å². The van der Waals surface area contributed by atoms with E-state index in [4.69, 9.17) is 16.0 Å². The van der Waals surface area contributed by atoms with Crippen molar-refractivity contribution in [2.24, 2.45) is 0 Å². The van der Waals surface area contributed by atoms with E-state index in [1.165, 1.54) is 11.1 Å². The highest BCUT2D eigenvalue weighted by Crippen LogP contribution is 2.48. The molecule has 2 aliphatic rings. The molecular weight excluding hydrogens is 362 g/mol. The number of hydrogen-bond acceptors (Lipinski definition) is 5. The first-order valence-corrected chi connectivity index (χ1v) is 9.84. The van der Waals surface area contributed by atoms with E-state index in [2.05, 4.69) is 43.3 Å². The van der Waals surface area contributed by atoms with Crippen LogP contribution in [0.25, 0.3) is 5.69 Å². The molecule has 1 N–H and O–H groups in total. The predicted molar refractivity (Wildman–Crippen MR) is 102 cm³/mol. The van der Waals surface area contributed by atoms with Gasteiger partial charge in [0.25, 0.3) is 0 Å². The molecule has 2 aromatic heterocycles. The molecule has 1 saturated carbocycles. The van der Waals surface area contributed by atoms with Crippen LogP contribution in [0.3, 0.4) is 0 Å². The summed E-state index contributed by atoms with van der Waals surface area (Å²) in [4.78, 5) is 4.18. The second kappa shape index (κ2) is 6.46. The van der Waals surface area contributed by atoms with E-state index >= 15 is 0 Å². The fraction of sp³-hybridized carbons (Fsp3) is 0.450. The van der Waals surface area contributed by atoms with Crippen molar-refractivity contribution in [3.05, 3.63) is 59.3 Å². The van der Waals surface area contributed by atoms with Crippen molar-refractivity contribution in [3.8, 4) is 5.69 Å². The van der Waals surface area contributed by atoms with Crippen molar-refractivity contribution in [1.29, 1.82) is 0 Å². The lowest BCUT2D eigenvalue weighted by Crippen LogP contribution is -2.26. The van der Waals surface area contributed by atoms with Gasteiger partial charge in [-0.15, -0.1) is 21.8 Å². The average molecular weight is 384 g/mol. The number of rotatable bonds is 2. The number of nitrogens with one attached hydrogen (secondary N) is 1. The minimum Gasteiger partial charge on any atom is -0.448 e. The van der Waals surface area contributed by atoms with E-state index in [0.29, 0.717) is 12.5 Å². The topological polar surface area (TPSA) is 68.8 Å². The first kappa shape index (κ1) is 17.0. The maximum Gasteiger partial charge on any atom is 0.197 e. The number of hydrogen-bond donors (Lipinski definition) is 1. The van der Waals surface area contributed by atoms with Crippen molar-refractivity contribution >= 4 is 11.6 Å². The van der Waals surface area contributed by atoms with Gasteiger partial charge in [-0.25, -0.2) is 4.98 Å². The van der Waals surface area contributed by atoms with Gasteiger partial charge >= 0.3 is 0 Å². The van der Waals surface area contributed by atoms with Gasteiger partial charge in [-0.05, 0) is 49.8 Å². The number of fused-ring (bicyclic) bond motifs is 3. The molecule has 3 heterocycles. The first-order chi connectivity index (χ1) is 13.1. The van der Waals surface area contributed by atoms with Crippen molar-refractivity contribution in [2.75, 3.05) is 0 Å². The van der Waals surface area contributed by atoms with Crippen LogP contribution < -0.4 is 5.32 Å². The van der Waals surface area contributed by atoms with Crippen LogP contribution in [0.15, 0.2) is 35.2 Å². The Labute approximate surface area is 163 Å². The Balaban J connectivity index is 1.40. The second-order valence-corrected chi connectivity index (χ2v) is 8.35. The molecule has 1 aliphatic heterocycles. The summed E-state index contributed by atoms with van der Waals surface area (Å²) in [5, 5.41) is 11.7. The summed E-state index contributed by atoms with van der Waals surface area (Å²) in [6.07, 6.45) is 7.34. The van der Waals surface area contributed by atoms with Gasteiger partial charge < -0.3 is 9.73 Å². The van der Waals surface area contributed by atoms with Crippen LogP contribution in [-0.4, -0.2) is 19.7 Å². The van der Waals surface area contributed by atoms with E-state index in [1.807, 2.05) is 6.92 Å². The molecule has 0 amide bonds. The largest absolute Gasteiger partial charge is 0.448 e. The monoisotopic (exact) mass is 383 g/mol. The summed E-state index contributed by atoms with van der Waals surface area (Å²) >= 11 is 7.12. The van der Waals surface area contributed by atoms with Gasteiger partial charge in [0.1, 0.15) is 12.6 Å². The molecule has 0 saturated heterocycles. The Kier molecular flexibility index (Phi) is 4.06. The molecule has 0 atom stereocenters. The Morgan fingerprint density at radius 2 is 2.11 bits per heavy atom. The number of halogens is 1. The highest BCUT2D eigenvalue weighted by molar-refractivity contribution is 6.24. The third-order valence-electron chi connectivity index (χ3n) is 5.84. The molecule has 1 aliphatic carbocycles. The molecule has 27 heavy (non-hydrogen) atoms. The summed E-state index contributed by atoms with van der Waals surface area (Å²) in [5.41, 5.74) is 4.51. The van der Waals surface area contributed by atoms with Crippen LogP contribution in [-0.2, 0) is 18.0 Å². The molecule has 0 unspecified atom stereocenters. The SMILES string of the molecule is Cc1coc(C2CCC(Cl)(c3ccc4c(c3)CNCc3nncn3-4)CC2)n1. The molecule has 1 fully saturated rings. The summed E-state index contributed by atoms with van der Waals surface area (Å²) in [7, 11) is 0. The average Bonchev–Trinajstić information content (AvgIpc) is 3.28. The predicted octanol–water partition coefficient (Wildman–Crippen LogP) is 3.96. The second-order valence-electron chi connectivity index (χ2n) is 7.63. The minimum atomic E-state index is -0.324. The lowest BCUT2D eigenvalue weighted by atomic mass is 9.77. The number of benzene rings is 1. The maximum atomic E-state index is 7.12. The normalized spacial score (nSPS) is 24.9. The highest BCUT2D eigenvalue weighted by atomic mass is 35.5. The zero-order valence-corrected chi connectivity index (χ0v) is 16.0. The number of nitrogens with zero attached hydrogens (tertiary/aromatic N) is 4. The molecule has 0 radical (unpaired) electrons. The molecule has 3 aromatic rings. The van der Waals surface area contributed by atoms with E-state index < -0.39 is 0 Å². The Hall–Kier alpha value is -2.18. The Morgan fingerprint density at radius 3 is 2.89 bits per heavy atom. The number of aryl methyl sites for hydroxylation is 1. The van der Waals surface area contributed by atoms with E-state index in [9.17, 15) is 0 Å². The van der Waals surface area contributed by atoms with Crippen molar-refractivity contribution in [3.63, 3.8) is 0 Å². The van der Waals surface area contributed by atoms with Gasteiger partial charge in [0.05, 0.1) is 22.8 Å². The van der Waals surface area contributed by atoms with Crippen LogP contribution in [0.2, 0.25) is 0 Å². The lowest BCUT2D eigenvalue weighted by molar-refractivity contribution is 0.315. The van der Waals surface area contributed by atoms with E-state index in [0.717, 1.165) is 55.3 Å². The van der Waals surface area contributed by atoms with Crippen LogP contribution >= 0.6 is 11.6 Å². The van der Waals surface area contributed by atoms with Crippen molar-refractivity contribution < 1.29 is 4.42 Å². The van der Waals surface area contributed by atoms with Gasteiger partial charge in [0.2, 0.25) is 0 Å². The summed E-state index contributed by atoms with van der Waals surface area (Å²) in [5.74, 6) is 2.16. The molecule has 5 rings (SSSR count). The third-order valence-corrected chi connectivity index (χ3v) is 6.43. The molecule has 0 spiro atoms. The van der Waals surface area contributed by atoms with Gasteiger partial charge in [-0.2, -0.15) is 0 Å². The highest BCUT2D eigenvalue weighted by Gasteiger charge is 2.37.